The second-order valence-electron chi connectivity index (χ2n) is 0.919. The lowest BCUT2D eigenvalue weighted by molar-refractivity contribution is 0.225. The molecule has 0 spiro atoms. The highest BCUT2D eigenvalue weighted by atomic mass is 16.2. The molecule has 6 heteroatoms. The van der Waals surface area contributed by atoms with Crippen LogP contribution in [0.2, 0.25) is 0 Å². The quantitative estimate of drug-likeness (QED) is 0.221. The van der Waals surface area contributed by atoms with Gasteiger partial charge in [-0.2, -0.15) is 4.79 Å². The number of nitrogens with zero attached hydrogens (tertiary/aromatic N) is 3. The Bertz CT molecular complexity index is 196. The van der Waals surface area contributed by atoms with E-state index >= 15 is 0 Å². The maximum atomic E-state index is 9.98. The number of nitrogens with two attached hydrogens (primary N) is 1. The van der Waals surface area contributed by atoms with E-state index in [-0.39, 0.29) is 5.12 Å². The van der Waals surface area contributed by atoms with Crippen molar-refractivity contribution in [1.29, 1.82) is 0 Å². The summed E-state index contributed by atoms with van der Waals surface area (Å²) < 4.78 is 0. The molecular weight excluding hydrogens is 124 g/mol. The van der Waals surface area contributed by atoms with Gasteiger partial charge in [-0.1, -0.05) is 0 Å². The largest absolute Gasteiger partial charge is 0.410 e. The lowest BCUT2D eigenvalue weighted by Crippen LogP contribution is -2.24. The Morgan fingerprint density at radius 2 is 2.44 bits per heavy atom. The molecule has 0 atom stereocenters. The molecular formula is C3H2N4O2. The first-order valence-electron chi connectivity index (χ1n) is 1.77. The number of amides is 2. The average molecular weight is 126 g/mol. The number of hydrogen-bond donors (Lipinski definition) is 1. The number of carbonyl (C=O) groups excluding carboxylic acids is 2. The van der Waals surface area contributed by atoms with Crippen molar-refractivity contribution in [2.75, 3.05) is 0 Å². The Morgan fingerprint density at radius 3 is 2.56 bits per heavy atom. The van der Waals surface area contributed by atoms with Crippen molar-refractivity contribution in [3.8, 4) is 0 Å². The van der Waals surface area contributed by atoms with E-state index in [9.17, 15) is 9.59 Å². The Kier molecular flexibility index (Phi) is 2.52. The van der Waals surface area contributed by atoms with Gasteiger partial charge in [0.25, 0.3) is 0 Å². The molecule has 0 aromatic heterocycles. The van der Waals surface area contributed by atoms with Crippen molar-refractivity contribution in [3.63, 3.8) is 0 Å². The summed E-state index contributed by atoms with van der Waals surface area (Å²) in [4.78, 5) is 21.8. The first-order chi connectivity index (χ1) is 4.22. The summed E-state index contributed by atoms with van der Waals surface area (Å²) in [7, 11) is 0. The molecule has 0 fully saturated rings. The molecule has 0 radical (unpaired) electrons. The molecule has 0 rings (SSSR count). The van der Waals surface area contributed by atoms with Gasteiger partial charge in [-0.05, 0) is 0 Å². The zero-order chi connectivity index (χ0) is 7.28. The van der Waals surface area contributed by atoms with Crippen LogP contribution in [-0.4, -0.2) is 17.2 Å². The van der Waals surface area contributed by atoms with Crippen molar-refractivity contribution >= 4 is 12.1 Å². The highest BCUT2D eigenvalue weighted by Crippen LogP contribution is 1.85. The van der Waals surface area contributed by atoms with E-state index < -0.39 is 6.03 Å². The van der Waals surface area contributed by atoms with Crippen LogP contribution < -0.4 is 5.73 Å². The molecule has 0 aliphatic carbocycles. The van der Waals surface area contributed by atoms with Gasteiger partial charge in [0.15, 0.2) is 5.10 Å². The van der Waals surface area contributed by atoms with Gasteiger partial charge in [0.2, 0.25) is 0 Å². The lowest BCUT2D eigenvalue weighted by atomic mass is 11.1. The van der Waals surface area contributed by atoms with Crippen LogP contribution in [0.15, 0.2) is 5.10 Å². The second kappa shape index (κ2) is 3.18. The van der Waals surface area contributed by atoms with Crippen LogP contribution in [0.5, 0.6) is 0 Å². The first-order valence-corrected chi connectivity index (χ1v) is 1.77. The molecule has 2 amide bonds. The highest BCUT2D eigenvalue weighted by Gasteiger charge is 2.11. The molecule has 6 nitrogen and oxygen atoms in total. The van der Waals surface area contributed by atoms with E-state index in [1.165, 1.54) is 0 Å². The fourth-order valence-corrected chi connectivity index (χ4v) is 0.160. The average Bonchev–Trinajstić information content (AvgIpc) is 1.82. The topological polar surface area (TPSA) is 80.1 Å². The standard InChI is InChI=1S/C3H2N4O2/c1-5-7(3(4)9)6-2-8/h(H2,4,9). The van der Waals surface area contributed by atoms with Gasteiger partial charge in [-0.3, -0.25) is 4.95 Å². The van der Waals surface area contributed by atoms with Crippen molar-refractivity contribution in [3.05, 3.63) is 11.5 Å². The lowest BCUT2D eigenvalue weighted by Gasteiger charge is -1.89. The smallest absolute Gasteiger partial charge is 0.349 e. The molecule has 46 valence electrons. The zero-order valence-corrected chi connectivity index (χ0v) is 4.24. The zero-order valence-electron chi connectivity index (χ0n) is 4.24. The molecule has 0 aliphatic heterocycles. The minimum atomic E-state index is -1.10. The SMILES string of the molecule is [C-]#[N+]N(N=C=O)C(N)=O. The number of carbonyl (C=O) groups is 1. The van der Waals surface area contributed by atoms with Gasteiger partial charge < -0.3 is 12.3 Å². The summed E-state index contributed by atoms with van der Waals surface area (Å²) in [5.41, 5.74) is 4.53. The van der Waals surface area contributed by atoms with Crippen molar-refractivity contribution in [1.82, 2.24) is 5.12 Å². The normalized spacial score (nSPS) is 6.56. The highest BCUT2D eigenvalue weighted by molar-refractivity contribution is 5.72. The van der Waals surface area contributed by atoms with E-state index in [0.717, 1.165) is 6.08 Å². The van der Waals surface area contributed by atoms with Crippen LogP contribution in [0.1, 0.15) is 0 Å². The van der Waals surface area contributed by atoms with Crippen LogP contribution in [0, 0.1) is 6.57 Å². The van der Waals surface area contributed by atoms with Crippen molar-refractivity contribution < 1.29 is 9.59 Å². The Morgan fingerprint density at radius 1 is 1.89 bits per heavy atom. The van der Waals surface area contributed by atoms with Crippen LogP contribution in [0.3, 0.4) is 0 Å². The summed E-state index contributed by atoms with van der Waals surface area (Å²) in [6, 6.07) is -1.10. The molecule has 0 heterocycles. The third-order valence-electron chi connectivity index (χ3n) is 0.427. The molecule has 0 saturated heterocycles. The van der Waals surface area contributed by atoms with Gasteiger partial charge in [-0.15, -0.1) is 0 Å². The third-order valence-corrected chi connectivity index (χ3v) is 0.427. The van der Waals surface area contributed by atoms with Crippen LogP contribution in [0.25, 0.3) is 4.95 Å². The molecule has 0 bridgehead atoms. The molecule has 9 heavy (non-hydrogen) atoms. The number of isocyanates is 1. The molecule has 0 unspecified atom stereocenters. The van der Waals surface area contributed by atoms with Gasteiger partial charge >= 0.3 is 12.1 Å². The molecule has 0 saturated carbocycles. The molecule has 2 N–H and O–H groups in total. The van der Waals surface area contributed by atoms with Gasteiger partial charge in [-0.25, -0.2) is 4.79 Å². The van der Waals surface area contributed by atoms with Crippen molar-refractivity contribution in [2.45, 2.75) is 0 Å². The van der Waals surface area contributed by atoms with Gasteiger partial charge in [0.1, 0.15) is 5.12 Å². The Hall–Kier alpha value is -1.86. The van der Waals surface area contributed by atoms with Gasteiger partial charge in [0, 0.05) is 0 Å². The fraction of sp³-hybridized carbons (Fsp3) is 0. The monoisotopic (exact) mass is 126 g/mol. The van der Waals surface area contributed by atoms with Crippen LogP contribution in [-0.2, 0) is 4.79 Å². The van der Waals surface area contributed by atoms with Crippen LogP contribution >= 0.6 is 0 Å². The number of hydrazone groups is 1. The van der Waals surface area contributed by atoms with E-state index in [1.54, 1.807) is 0 Å². The summed E-state index contributed by atoms with van der Waals surface area (Å²) in [5, 5.41) is 2.75. The summed E-state index contributed by atoms with van der Waals surface area (Å²) in [6.45, 7) is 6.17. The summed E-state index contributed by atoms with van der Waals surface area (Å²) in [5.74, 6) is 0. The van der Waals surface area contributed by atoms with Gasteiger partial charge in [0.05, 0.1) is 0 Å². The van der Waals surface area contributed by atoms with E-state index in [1.807, 2.05) is 0 Å². The molecule has 0 aromatic rings. The predicted octanol–water partition coefficient (Wildman–Crippen LogP) is -0.548. The minimum absolute atomic E-state index is 0.104. The van der Waals surface area contributed by atoms with E-state index in [2.05, 4.69) is 15.8 Å². The molecule has 0 aromatic carbocycles. The maximum Gasteiger partial charge on any atom is 0.410 e. The van der Waals surface area contributed by atoms with E-state index in [4.69, 9.17) is 6.57 Å². The summed E-state index contributed by atoms with van der Waals surface area (Å²) in [6.07, 6.45) is 0.986. The maximum absolute atomic E-state index is 9.98. The van der Waals surface area contributed by atoms with Crippen molar-refractivity contribution in [2.24, 2.45) is 10.8 Å². The first kappa shape index (κ1) is 7.14. The molecule has 0 aliphatic rings. The number of hydrogen-bond acceptors (Lipinski definition) is 3. The number of primary amides is 1. The predicted molar refractivity (Wildman–Crippen MR) is 26.1 cm³/mol. The third kappa shape index (κ3) is 2.06. The Balaban J connectivity index is 4.21. The van der Waals surface area contributed by atoms with E-state index in [0.29, 0.717) is 0 Å². The summed E-state index contributed by atoms with van der Waals surface area (Å²) >= 11 is 0. The fourth-order valence-electron chi connectivity index (χ4n) is 0.160. The second-order valence-corrected chi connectivity index (χ2v) is 0.919. The van der Waals surface area contributed by atoms with Crippen LogP contribution in [0.4, 0.5) is 4.79 Å². The number of rotatable bonds is 1. The Labute approximate surface area is 50.3 Å². The minimum Gasteiger partial charge on any atom is -0.349 e. The number of urea groups is 1.